The van der Waals surface area contributed by atoms with Gasteiger partial charge in [-0.1, -0.05) is 6.92 Å². The molecular formula is C13H18Cl2F3N3O. The lowest BCUT2D eigenvalue weighted by molar-refractivity contribution is -0.141. The van der Waals surface area contributed by atoms with Crippen molar-refractivity contribution >= 4 is 30.7 Å². The molecule has 126 valence electrons. The lowest BCUT2D eigenvalue weighted by atomic mass is 9.95. The van der Waals surface area contributed by atoms with Gasteiger partial charge in [-0.05, 0) is 37.6 Å². The van der Waals surface area contributed by atoms with Gasteiger partial charge in [-0.25, -0.2) is 0 Å². The molecule has 9 heteroatoms. The number of nitrogens with one attached hydrogen (secondary N) is 2. The van der Waals surface area contributed by atoms with E-state index in [2.05, 4.69) is 15.6 Å². The smallest absolute Gasteiger partial charge is 0.349 e. The molecule has 1 fully saturated rings. The fourth-order valence-corrected chi connectivity index (χ4v) is 2.18. The first-order valence-corrected chi connectivity index (χ1v) is 6.43. The van der Waals surface area contributed by atoms with Crippen molar-refractivity contribution in [2.24, 2.45) is 5.92 Å². The zero-order valence-corrected chi connectivity index (χ0v) is 13.4. The van der Waals surface area contributed by atoms with Gasteiger partial charge < -0.3 is 10.6 Å². The summed E-state index contributed by atoms with van der Waals surface area (Å²) in [6.07, 6.45) is -2.72. The lowest BCUT2D eigenvalue weighted by Gasteiger charge is -2.30. The number of aromatic nitrogens is 1. The van der Waals surface area contributed by atoms with Crippen molar-refractivity contribution in [2.75, 3.05) is 13.1 Å². The zero-order chi connectivity index (χ0) is 14.8. The van der Waals surface area contributed by atoms with Crippen molar-refractivity contribution < 1.29 is 18.0 Å². The Morgan fingerprint density at radius 2 is 2.05 bits per heavy atom. The molecule has 1 aliphatic rings. The Labute approximate surface area is 139 Å². The molecule has 0 spiro atoms. The van der Waals surface area contributed by atoms with Gasteiger partial charge in [0.15, 0.2) is 0 Å². The summed E-state index contributed by atoms with van der Waals surface area (Å²) in [4.78, 5) is 15.3. The van der Waals surface area contributed by atoms with Crippen LogP contribution in [0, 0.1) is 5.92 Å². The first-order valence-electron chi connectivity index (χ1n) is 6.43. The molecule has 0 radical (unpaired) electrons. The van der Waals surface area contributed by atoms with E-state index in [0.717, 1.165) is 37.8 Å². The second-order valence-electron chi connectivity index (χ2n) is 4.98. The van der Waals surface area contributed by atoms with Gasteiger partial charge in [0.05, 0.1) is 5.56 Å². The largest absolute Gasteiger partial charge is 0.433 e. The highest BCUT2D eigenvalue weighted by molar-refractivity contribution is 5.94. The average Bonchev–Trinajstić information content (AvgIpc) is 2.40. The second-order valence-corrected chi connectivity index (χ2v) is 4.98. The van der Waals surface area contributed by atoms with Crippen LogP contribution in [0.15, 0.2) is 18.3 Å². The molecule has 2 rings (SSSR count). The minimum absolute atomic E-state index is 0. The van der Waals surface area contributed by atoms with E-state index in [9.17, 15) is 18.0 Å². The third-order valence-corrected chi connectivity index (χ3v) is 3.42. The third kappa shape index (κ3) is 5.30. The Kier molecular flexibility index (Phi) is 8.14. The molecule has 1 amide bonds. The Morgan fingerprint density at radius 3 is 2.55 bits per heavy atom. The van der Waals surface area contributed by atoms with Crippen LogP contribution in [0.1, 0.15) is 29.4 Å². The normalized spacial score (nSPS) is 21.3. The quantitative estimate of drug-likeness (QED) is 0.853. The van der Waals surface area contributed by atoms with Gasteiger partial charge >= 0.3 is 6.18 Å². The number of hydrogen-bond acceptors (Lipinski definition) is 3. The van der Waals surface area contributed by atoms with E-state index in [4.69, 9.17) is 0 Å². The highest BCUT2D eigenvalue weighted by atomic mass is 35.5. The van der Waals surface area contributed by atoms with Gasteiger partial charge in [-0.2, -0.15) is 13.2 Å². The Bertz CT molecular complexity index is 482. The predicted molar refractivity (Wildman–Crippen MR) is 81.6 cm³/mol. The Balaban J connectivity index is 0.00000220. The predicted octanol–water partition coefficient (Wildman–Crippen LogP) is 2.67. The molecule has 0 aliphatic carbocycles. The van der Waals surface area contributed by atoms with E-state index in [-0.39, 0.29) is 48.2 Å². The standard InChI is InChI=1S/C13H16F3N3O.2ClH/c1-8-6-17-5-4-10(8)19-12(20)9-2-3-11(18-7-9)13(14,15)16;;/h2-3,7-8,10,17H,4-6H2,1H3,(H,19,20);2*1H. The molecule has 22 heavy (non-hydrogen) atoms. The van der Waals surface area contributed by atoms with Crippen LogP contribution in [0.25, 0.3) is 0 Å². The fourth-order valence-electron chi connectivity index (χ4n) is 2.18. The first-order chi connectivity index (χ1) is 9.38. The molecule has 4 nitrogen and oxygen atoms in total. The first kappa shape index (κ1) is 20.9. The van der Waals surface area contributed by atoms with Crippen molar-refractivity contribution in [3.05, 3.63) is 29.6 Å². The number of alkyl halides is 3. The van der Waals surface area contributed by atoms with E-state index in [0.29, 0.717) is 0 Å². The van der Waals surface area contributed by atoms with Crippen molar-refractivity contribution in [2.45, 2.75) is 25.6 Å². The number of pyridine rings is 1. The third-order valence-electron chi connectivity index (χ3n) is 3.42. The summed E-state index contributed by atoms with van der Waals surface area (Å²) in [6, 6.07) is 2.00. The highest BCUT2D eigenvalue weighted by Crippen LogP contribution is 2.27. The molecule has 2 N–H and O–H groups in total. The maximum atomic E-state index is 12.4. The summed E-state index contributed by atoms with van der Waals surface area (Å²) in [5.74, 6) is -0.0971. The molecule has 1 aromatic rings. The fraction of sp³-hybridized carbons (Fsp3) is 0.538. The van der Waals surface area contributed by atoms with Crippen molar-refractivity contribution in [1.82, 2.24) is 15.6 Å². The summed E-state index contributed by atoms with van der Waals surface area (Å²) in [5.41, 5.74) is -0.854. The van der Waals surface area contributed by atoms with Crippen LogP contribution in [0.5, 0.6) is 0 Å². The summed E-state index contributed by atoms with van der Waals surface area (Å²) in [7, 11) is 0. The molecule has 2 unspecified atom stereocenters. The number of rotatable bonds is 2. The molecular weight excluding hydrogens is 342 g/mol. The minimum Gasteiger partial charge on any atom is -0.349 e. The van der Waals surface area contributed by atoms with E-state index in [1.165, 1.54) is 0 Å². The average molecular weight is 360 g/mol. The molecule has 1 aromatic heterocycles. The number of nitrogens with zero attached hydrogens (tertiary/aromatic N) is 1. The monoisotopic (exact) mass is 359 g/mol. The summed E-state index contributed by atoms with van der Waals surface area (Å²) >= 11 is 0. The van der Waals surface area contributed by atoms with Crippen LogP contribution in [0.3, 0.4) is 0 Å². The summed E-state index contributed by atoms with van der Waals surface area (Å²) < 4.78 is 37.1. The summed E-state index contributed by atoms with van der Waals surface area (Å²) in [6.45, 7) is 3.65. The van der Waals surface area contributed by atoms with Crippen LogP contribution in [0.2, 0.25) is 0 Å². The van der Waals surface area contributed by atoms with E-state index in [1.807, 2.05) is 6.92 Å². The highest BCUT2D eigenvalue weighted by Gasteiger charge is 2.32. The lowest BCUT2D eigenvalue weighted by Crippen LogP contribution is -2.48. The number of halogens is 5. The van der Waals surface area contributed by atoms with Gasteiger partial charge in [-0.3, -0.25) is 9.78 Å². The topological polar surface area (TPSA) is 54.0 Å². The summed E-state index contributed by atoms with van der Waals surface area (Å²) in [5, 5.41) is 6.06. The number of carbonyl (C=O) groups excluding carboxylic acids is 1. The minimum atomic E-state index is -4.49. The molecule has 2 atom stereocenters. The van der Waals surface area contributed by atoms with Crippen molar-refractivity contribution in [1.29, 1.82) is 0 Å². The van der Waals surface area contributed by atoms with Gasteiger partial charge in [0.2, 0.25) is 0 Å². The van der Waals surface area contributed by atoms with Gasteiger partial charge in [0, 0.05) is 12.2 Å². The van der Waals surface area contributed by atoms with Crippen LogP contribution in [-0.4, -0.2) is 30.0 Å². The molecule has 0 aromatic carbocycles. The van der Waals surface area contributed by atoms with Crippen LogP contribution >= 0.6 is 24.8 Å². The maximum absolute atomic E-state index is 12.4. The molecule has 0 saturated carbocycles. The van der Waals surface area contributed by atoms with Crippen LogP contribution in [-0.2, 0) is 6.18 Å². The SMILES string of the molecule is CC1CNCCC1NC(=O)c1ccc(C(F)(F)F)nc1.Cl.Cl. The van der Waals surface area contributed by atoms with Gasteiger partial charge in [0.25, 0.3) is 5.91 Å². The maximum Gasteiger partial charge on any atom is 0.433 e. The zero-order valence-electron chi connectivity index (χ0n) is 11.8. The Hall–Kier alpha value is -1.05. The van der Waals surface area contributed by atoms with E-state index < -0.39 is 11.9 Å². The van der Waals surface area contributed by atoms with E-state index >= 15 is 0 Å². The number of piperidine rings is 1. The number of amides is 1. The second kappa shape index (κ2) is 8.55. The van der Waals surface area contributed by atoms with Gasteiger partial charge in [0.1, 0.15) is 5.69 Å². The molecule has 1 aliphatic heterocycles. The van der Waals surface area contributed by atoms with Crippen LogP contribution < -0.4 is 10.6 Å². The molecule has 0 bridgehead atoms. The van der Waals surface area contributed by atoms with Crippen LogP contribution in [0.4, 0.5) is 13.2 Å². The number of hydrogen-bond donors (Lipinski definition) is 2. The van der Waals surface area contributed by atoms with Crippen molar-refractivity contribution in [3.63, 3.8) is 0 Å². The molecule has 2 heterocycles. The molecule has 1 saturated heterocycles. The van der Waals surface area contributed by atoms with Gasteiger partial charge in [-0.15, -0.1) is 24.8 Å². The Morgan fingerprint density at radius 1 is 1.36 bits per heavy atom. The number of carbonyl (C=O) groups is 1. The van der Waals surface area contributed by atoms with Crippen molar-refractivity contribution in [3.8, 4) is 0 Å². The van der Waals surface area contributed by atoms with E-state index in [1.54, 1.807) is 0 Å².